The predicted molar refractivity (Wildman–Crippen MR) is 69.7 cm³/mol. The van der Waals surface area contributed by atoms with Gasteiger partial charge in [-0.3, -0.25) is 0 Å². The Morgan fingerprint density at radius 1 is 1.32 bits per heavy atom. The number of ether oxygens (including phenoxy) is 2. The zero-order valence-electron chi connectivity index (χ0n) is 10.1. The third-order valence-electron chi connectivity index (χ3n) is 2.49. The quantitative estimate of drug-likeness (QED) is 0.929. The summed E-state index contributed by atoms with van der Waals surface area (Å²) in [6.07, 6.45) is 0. The topological polar surface area (TPSA) is 81.8 Å². The summed E-state index contributed by atoms with van der Waals surface area (Å²) in [6, 6.07) is 4.75. The minimum Gasteiger partial charge on any atom is -0.496 e. The van der Waals surface area contributed by atoms with Gasteiger partial charge in [-0.05, 0) is 28.1 Å². The van der Waals surface area contributed by atoms with Crippen molar-refractivity contribution >= 4 is 21.9 Å². The number of aromatic nitrogens is 1. The van der Waals surface area contributed by atoms with Gasteiger partial charge in [-0.1, -0.05) is 5.16 Å². The molecule has 1 aromatic carbocycles. The molecule has 1 aromatic heterocycles. The Morgan fingerprint density at radius 2 is 1.95 bits per heavy atom. The fourth-order valence-electron chi connectivity index (χ4n) is 1.60. The lowest BCUT2D eigenvalue weighted by Crippen LogP contribution is -1.93. The van der Waals surface area contributed by atoms with Crippen LogP contribution >= 0.6 is 15.9 Å². The number of carboxylic acids is 1. The largest absolute Gasteiger partial charge is 0.496 e. The van der Waals surface area contributed by atoms with Gasteiger partial charge in [0.2, 0.25) is 5.76 Å². The summed E-state index contributed by atoms with van der Waals surface area (Å²) < 4.78 is 15.8. The van der Waals surface area contributed by atoms with E-state index in [-0.39, 0.29) is 5.76 Å². The van der Waals surface area contributed by atoms with E-state index in [1.54, 1.807) is 12.1 Å². The maximum atomic E-state index is 10.8. The molecule has 100 valence electrons. The molecular formula is C12H10BrNO5. The van der Waals surface area contributed by atoms with Gasteiger partial charge in [-0.25, -0.2) is 4.79 Å². The van der Waals surface area contributed by atoms with Crippen LogP contribution in [0.25, 0.3) is 11.3 Å². The van der Waals surface area contributed by atoms with Gasteiger partial charge in [0.05, 0.1) is 24.3 Å². The summed E-state index contributed by atoms with van der Waals surface area (Å²) in [4.78, 5) is 10.8. The van der Waals surface area contributed by atoms with Gasteiger partial charge in [0.25, 0.3) is 0 Å². The Hall–Kier alpha value is -2.02. The van der Waals surface area contributed by atoms with Crippen molar-refractivity contribution in [1.29, 1.82) is 0 Å². The summed E-state index contributed by atoms with van der Waals surface area (Å²) in [5, 5.41) is 12.6. The molecule has 0 atom stereocenters. The average Bonchev–Trinajstić information content (AvgIpc) is 2.87. The molecule has 0 aliphatic carbocycles. The van der Waals surface area contributed by atoms with Crippen molar-refractivity contribution in [2.45, 2.75) is 0 Å². The van der Waals surface area contributed by atoms with Crippen LogP contribution in [0, 0.1) is 0 Å². The van der Waals surface area contributed by atoms with Crippen molar-refractivity contribution < 1.29 is 23.9 Å². The van der Waals surface area contributed by atoms with E-state index in [0.717, 1.165) is 0 Å². The van der Waals surface area contributed by atoms with Crippen LogP contribution in [0.5, 0.6) is 11.5 Å². The number of hydrogen-bond donors (Lipinski definition) is 1. The van der Waals surface area contributed by atoms with Crippen molar-refractivity contribution in [2.24, 2.45) is 0 Å². The van der Waals surface area contributed by atoms with Crippen LogP contribution in [0.15, 0.2) is 27.2 Å². The second-order valence-corrected chi connectivity index (χ2v) is 4.33. The number of halogens is 1. The van der Waals surface area contributed by atoms with Crippen LogP contribution in [-0.4, -0.2) is 30.5 Å². The first-order valence-electron chi connectivity index (χ1n) is 5.19. The number of hydrogen-bond acceptors (Lipinski definition) is 5. The molecule has 2 aromatic rings. The molecule has 19 heavy (non-hydrogen) atoms. The highest BCUT2D eigenvalue weighted by Gasteiger charge is 2.20. The smallest absolute Gasteiger partial charge is 0.374 e. The van der Waals surface area contributed by atoms with Crippen molar-refractivity contribution in [3.05, 3.63) is 28.4 Å². The highest BCUT2D eigenvalue weighted by molar-refractivity contribution is 9.10. The Labute approximate surface area is 117 Å². The average molecular weight is 328 g/mol. The molecule has 0 fully saturated rings. The zero-order chi connectivity index (χ0) is 14.0. The number of benzene rings is 1. The maximum Gasteiger partial charge on any atom is 0.374 e. The lowest BCUT2D eigenvalue weighted by atomic mass is 10.1. The molecule has 1 N–H and O–H groups in total. The van der Waals surface area contributed by atoms with Crippen LogP contribution in [0.2, 0.25) is 0 Å². The molecule has 0 amide bonds. The standard InChI is InChI=1S/C12H10BrNO5/c1-17-7-3-4-8(18-2)11(13)10(7)6-5-9(12(15)16)19-14-6/h3-5H,1-2H3,(H,15,16). The van der Waals surface area contributed by atoms with Gasteiger partial charge in [0, 0.05) is 6.07 Å². The highest BCUT2D eigenvalue weighted by atomic mass is 79.9. The molecule has 0 bridgehead atoms. The van der Waals surface area contributed by atoms with E-state index in [1.807, 2.05) is 0 Å². The van der Waals surface area contributed by atoms with E-state index in [2.05, 4.69) is 21.1 Å². The molecule has 6 nitrogen and oxygen atoms in total. The van der Waals surface area contributed by atoms with Gasteiger partial charge in [0.15, 0.2) is 0 Å². The fourth-order valence-corrected chi connectivity index (χ4v) is 2.29. The number of carboxylic acid groups (broad SMARTS) is 1. The van der Waals surface area contributed by atoms with Crippen molar-refractivity contribution in [2.75, 3.05) is 14.2 Å². The summed E-state index contributed by atoms with van der Waals surface area (Å²) in [5.74, 6) is -0.322. The molecule has 0 unspecified atom stereocenters. The number of rotatable bonds is 4. The Bertz CT molecular complexity index is 623. The third-order valence-corrected chi connectivity index (χ3v) is 3.27. The number of methoxy groups -OCH3 is 2. The van der Waals surface area contributed by atoms with Crippen LogP contribution < -0.4 is 9.47 Å². The van der Waals surface area contributed by atoms with Gasteiger partial charge in [-0.15, -0.1) is 0 Å². The Morgan fingerprint density at radius 3 is 2.47 bits per heavy atom. The third kappa shape index (κ3) is 2.41. The van der Waals surface area contributed by atoms with E-state index in [0.29, 0.717) is 27.2 Å². The minimum absolute atomic E-state index is 0.244. The normalized spacial score (nSPS) is 10.3. The van der Waals surface area contributed by atoms with Crippen molar-refractivity contribution in [3.8, 4) is 22.8 Å². The summed E-state index contributed by atoms with van der Waals surface area (Å²) in [6.45, 7) is 0. The maximum absolute atomic E-state index is 10.8. The molecule has 0 spiro atoms. The lowest BCUT2D eigenvalue weighted by molar-refractivity contribution is 0.0652. The zero-order valence-corrected chi connectivity index (χ0v) is 11.7. The molecule has 0 saturated heterocycles. The van der Waals surface area contributed by atoms with Crippen molar-refractivity contribution in [3.63, 3.8) is 0 Å². The first kappa shape index (κ1) is 13.4. The SMILES string of the molecule is COc1ccc(OC)c(-c2cc(C(=O)O)on2)c1Br. The van der Waals surface area contributed by atoms with Crippen molar-refractivity contribution in [1.82, 2.24) is 5.16 Å². The van der Waals surface area contributed by atoms with E-state index in [1.165, 1.54) is 20.3 Å². The first-order valence-corrected chi connectivity index (χ1v) is 5.98. The van der Waals surface area contributed by atoms with Crippen LogP contribution in [0.4, 0.5) is 0 Å². The van der Waals surface area contributed by atoms with Gasteiger partial charge in [0.1, 0.15) is 17.2 Å². The van der Waals surface area contributed by atoms with E-state index < -0.39 is 5.97 Å². The second-order valence-electron chi connectivity index (χ2n) is 3.54. The fraction of sp³-hybridized carbons (Fsp3) is 0.167. The Kier molecular flexibility index (Phi) is 3.75. The number of aromatic carboxylic acids is 1. The molecule has 2 rings (SSSR count). The first-order chi connectivity index (χ1) is 9.08. The second kappa shape index (κ2) is 5.31. The minimum atomic E-state index is -1.18. The number of carbonyl (C=O) groups is 1. The van der Waals surface area contributed by atoms with Crippen LogP contribution in [0.3, 0.4) is 0 Å². The van der Waals surface area contributed by atoms with E-state index >= 15 is 0 Å². The summed E-state index contributed by atoms with van der Waals surface area (Å²) in [7, 11) is 3.04. The van der Waals surface area contributed by atoms with Gasteiger partial charge >= 0.3 is 5.97 Å². The predicted octanol–water partition coefficient (Wildman–Crippen LogP) is 2.82. The van der Waals surface area contributed by atoms with E-state index in [9.17, 15) is 4.79 Å². The molecule has 0 aliphatic rings. The van der Waals surface area contributed by atoms with Gasteiger partial charge in [-0.2, -0.15) is 0 Å². The molecule has 7 heteroatoms. The monoisotopic (exact) mass is 327 g/mol. The molecule has 1 heterocycles. The van der Waals surface area contributed by atoms with E-state index in [4.69, 9.17) is 19.1 Å². The summed E-state index contributed by atoms with van der Waals surface area (Å²) >= 11 is 3.38. The highest BCUT2D eigenvalue weighted by Crippen LogP contribution is 2.41. The number of nitrogens with zero attached hydrogens (tertiary/aromatic N) is 1. The lowest BCUT2D eigenvalue weighted by Gasteiger charge is -2.11. The van der Waals surface area contributed by atoms with Crippen LogP contribution in [-0.2, 0) is 0 Å². The van der Waals surface area contributed by atoms with Gasteiger partial charge < -0.3 is 19.1 Å². The molecule has 0 radical (unpaired) electrons. The molecule has 0 aliphatic heterocycles. The molecule has 0 saturated carbocycles. The molecular weight excluding hydrogens is 318 g/mol. The summed E-state index contributed by atoms with van der Waals surface area (Å²) in [5.41, 5.74) is 0.915. The van der Waals surface area contributed by atoms with Crippen LogP contribution in [0.1, 0.15) is 10.6 Å². The Balaban J connectivity index is 2.61.